The molecular formula is C13H17FN2. The topological polar surface area (TPSA) is 41.8 Å². The first-order chi connectivity index (χ1) is 7.56. The summed E-state index contributed by atoms with van der Waals surface area (Å²) in [5.41, 5.74) is 7.35. The van der Waals surface area contributed by atoms with Crippen LogP contribution in [0.4, 0.5) is 4.39 Å². The van der Waals surface area contributed by atoms with Crippen molar-refractivity contribution in [1.82, 2.24) is 4.98 Å². The summed E-state index contributed by atoms with van der Waals surface area (Å²) in [4.78, 5) is 3.11. The number of halogens is 1. The average molecular weight is 220 g/mol. The lowest BCUT2D eigenvalue weighted by molar-refractivity contribution is 0.489. The predicted octanol–water partition coefficient (Wildman–Crippen LogP) is 2.93. The number of fused-ring (bicyclic) bond motifs is 1. The van der Waals surface area contributed by atoms with Crippen LogP contribution in [0.2, 0.25) is 0 Å². The zero-order valence-electron chi connectivity index (χ0n) is 9.68. The Labute approximate surface area is 94.7 Å². The summed E-state index contributed by atoms with van der Waals surface area (Å²) in [6.07, 6.45) is 2.73. The SMILES string of the molecule is CC(C)(CCN)c1c[nH]c2cccc(F)c12. The summed E-state index contributed by atoms with van der Waals surface area (Å²) in [5.74, 6) is -0.168. The first-order valence-corrected chi connectivity index (χ1v) is 5.52. The molecule has 0 radical (unpaired) electrons. The van der Waals surface area contributed by atoms with Gasteiger partial charge in [0.2, 0.25) is 0 Å². The first kappa shape index (κ1) is 11.1. The molecule has 0 spiro atoms. The number of hydrogen-bond acceptors (Lipinski definition) is 1. The second-order valence-corrected chi connectivity index (χ2v) is 4.79. The first-order valence-electron chi connectivity index (χ1n) is 5.52. The number of benzene rings is 1. The van der Waals surface area contributed by atoms with E-state index in [4.69, 9.17) is 5.73 Å². The number of H-pyrrole nitrogens is 1. The molecule has 0 saturated carbocycles. The van der Waals surface area contributed by atoms with E-state index in [-0.39, 0.29) is 11.2 Å². The maximum Gasteiger partial charge on any atom is 0.132 e. The zero-order chi connectivity index (χ0) is 11.8. The van der Waals surface area contributed by atoms with Gasteiger partial charge in [-0.2, -0.15) is 0 Å². The molecule has 0 atom stereocenters. The second-order valence-electron chi connectivity index (χ2n) is 4.79. The third kappa shape index (κ3) is 1.71. The maximum atomic E-state index is 13.8. The number of nitrogens with one attached hydrogen (secondary N) is 1. The van der Waals surface area contributed by atoms with E-state index in [0.717, 1.165) is 17.5 Å². The van der Waals surface area contributed by atoms with Gasteiger partial charge in [-0.15, -0.1) is 0 Å². The van der Waals surface area contributed by atoms with E-state index in [0.29, 0.717) is 11.9 Å². The lowest BCUT2D eigenvalue weighted by Crippen LogP contribution is -2.21. The summed E-state index contributed by atoms with van der Waals surface area (Å²) in [7, 11) is 0. The standard InChI is InChI=1S/C13H17FN2/c1-13(2,6-7-15)9-8-16-11-5-3-4-10(14)12(9)11/h3-5,8,16H,6-7,15H2,1-2H3. The third-order valence-electron chi connectivity index (χ3n) is 3.15. The van der Waals surface area contributed by atoms with Gasteiger partial charge < -0.3 is 10.7 Å². The monoisotopic (exact) mass is 220 g/mol. The van der Waals surface area contributed by atoms with Crippen LogP contribution in [0.1, 0.15) is 25.8 Å². The lowest BCUT2D eigenvalue weighted by Gasteiger charge is -2.23. The van der Waals surface area contributed by atoms with Crippen molar-refractivity contribution in [3.8, 4) is 0 Å². The summed E-state index contributed by atoms with van der Waals surface area (Å²) >= 11 is 0. The highest BCUT2D eigenvalue weighted by Crippen LogP contribution is 2.33. The molecule has 2 rings (SSSR count). The van der Waals surface area contributed by atoms with Crippen molar-refractivity contribution < 1.29 is 4.39 Å². The lowest BCUT2D eigenvalue weighted by atomic mass is 9.81. The Hall–Kier alpha value is -1.35. The number of nitrogens with two attached hydrogens (primary N) is 1. The molecule has 0 aliphatic heterocycles. The van der Waals surface area contributed by atoms with Crippen LogP contribution in [0, 0.1) is 5.82 Å². The van der Waals surface area contributed by atoms with Crippen LogP contribution in [-0.4, -0.2) is 11.5 Å². The summed E-state index contributed by atoms with van der Waals surface area (Å²) in [6, 6.07) is 5.10. The van der Waals surface area contributed by atoms with E-state index >= 15 is 0 Å². The molecule has 0 aliphatic rings. The highest BCUT2D eigenvalue weighted by molar-refractivity contribution is 5.84. The third-order valence-corrected chi connectivity index (χ3v) is 3.15. The molecule has 2 aromatic rings. The Morgan fingerprint density at radius 1 is 1.38 bits per heavy atom. The van der Waals surface area contributed by atoms with Crippen molar-refractivity contribution >= 4 is 10.9 Å². The quantitative estimate of drug-likeness (QED) is 0.820. The van der Waals surface area contributed by atoms with Gasteiger partial charge in [-0.05, 0) is 36.1 Å². The Morgan fingerprint density at radius 3 is 2.81 bits per heavy atom. The average Bonchev–Trinajstić information content (AvgIpc) is 2.63. The van der Waals surface area contributed by atoms with Gasteiger partial charge in [0.25, 0.3) is 0 Å². The Kier molecular flexibility index (Phi) is 2.72. The molecule has 16 heavy (non-hydrogen) atoms. The normalized spacial score (nSPS) is 12.2. The fourth-order valence-electron chi connectivity index (χ4n) is 2.17. The second kappa shape index (κ2) is 3.91. The largest absolute Gasteiger partial charge is 0.361 e. The van der Waals surface area contributed by atoms with Gasteiger partial charge in [0.05, 0.1) is 0 Å². The Balaban J connectivity index is 2.61. The van der Waals surface area contributed by atoms with Gasteiger partial charge in [-0.25, -0.2) is 4.39 Å². The molecule has 0 aliphatic carbocycles. The minimum Gasteiger partial charge on any atom is -0.361 e. The minimum absolute atomic E-state index is 0.102. The van der Waals surface area contributed by atoms with E-state index in [9.17, 15) is 4.39 Å². The molecule has 1 heterocycles. The van der Waals surface area contributed by atoms with E-state index in [1.807, 2.05) is 12.3 Å². The van der Waals surface area contributed by atoms with Crippen molar-refractivity contribution in [2.24, 2.45) is 5.73 Å². The fraction of sp³-hybridized carbons (Fsp3) is 0.385. The van der Waals surface area contributed by atoms with E-state index in [1.165, 1.54) is 6.07 Å². The molecule has 0 bridgehead atoms. The summed E-state index contributed by atoms with van der Waals surface area (Å²) in [6.45, 7) is 4.79. The molecule has 0 saturated heterocycles. The number of aromatic nitrogens is 1. The smallest absolute Gasteiger partial charge is 0.132 e. The van der Waals surface area contributed by atoms with E-state index < -0.39 is 0 Å². The van der Waals surface area contributed by atoms with Crippen molar-refractivity contribution in [3.05, 3.63) is 35.8 Å². The van der Waals surface area contributed by atoms with Crippen LogP contribution in [0.15, 0.2) is 24.4 Å². The Morgan fingerprint density at radius 2 is 2.12 bits per heavy atom. The molecule has 0 unspecified atom stereocenters. The molecule has 3 N–H and O–H groups in total. The van der Waals surface area contributed by atoms with E-state index in [1.54, 1.807) is 6.07 Å². The highest BCUT2D eigenvalue weighted by Gasteiger charge is 2.24. The number of aromatic amines is 1. The fourth-order valence-corrected chi connectivity index (χ4v) is 2.17. The predicted molar refractivity (Wildman–Crippen MR) is 65.0 cm³/mol. The van der Waals surface area contributed by atoms with Crippen LogP contribution < -0.4 is 5.73 Å². The number of hydrogen-bond donors (Lipinski definition) is 2. The highest BCUT2D eigenvalue weighted by atomic mass is 19.1. The van der Waals surface area contributed by atoms with Crippen molar-refractivity contribution in [2.45, 2.75) is 25.7 Å². The molecule has 3 heteroatoms. The summed E-state index contributed by atoms with van der Waals surface area (Å²) in [5, 5.41) is 0.695. The molecule has 0 fully saturated rings. The van der Waals surface area contributed by atoms with Crippen LogP contribution in [0.5, 0.6) is 0 Å². The van der Waals surface area contributed by atoms with Gasteiger partial charge in [0, 0.05) is 17.1 Å². The minimum atomic E-state index is -0.168. The van der Waals surface area contributed by atoms with Gasteiger partial charge in [-0.1, -0.05) is 19.9 Å². The maximum absolute atomic E-state index is 13.8. The molecular weight excluding hydrogens is 203 g/mol. The van der Waals surface area contributed by atoms with Crippen molar-refractivity contribution in [2.75, 3.05) is 6.54 Å². The Bertz CT molecular complexity index is 500. The molecule has 1 aromatic heterocycles. The van der Waals surface area contributed by atoms with Crippen molar-refractivity contribution in [3.63, 3.8) is 0 Å². The molecule has 86 valence electrons. The molecule has 1 aromatic carbocycles. The van der Waals surface area contributed by atoms with E-state index in [2.05, 4.69) is 18.8 Å². The van der Waals surface area contributed by atoms with Gasteiger partial charge in [0.1, 0.15) is 5.82 Å². The number of rotatable bonds is 3. The van der Waals surface area contributed by atoms with Crippen LogP contribution in [-0.2, 0) is 5.41 Å². The van der Waals surface area contributed by atoms with Crippen LogP contribution in [0.3, 0.4) is 0 Å². The van der Waals surface area contributed by atoms with Gasteiger partial charge in [-0.3, -0.25) is 0 Å². The molecule has 0 amide bonds. The van der Waals surface area contributed by atoms with Gasteiger partial charge >= 0.3 is 0 Å². The van der Waals surface area contributed by atoms with Crippen molar-refractivity contribution in [1.29, 1.82) is 0 Å². The molecule has 2 nitrogen and oxygen atoms in total. The van der Waals surface area contributed by atoms with Crippen LogP contribution in [0.25, 0.3) is 10.9 Å². The summed E-state index contributed by atoms with van der Waals surface area (Å²) < 4.78 is 13.8. The van der Waals surface area contributed by atoms with Gasteiger partial charge in [0.15, 0.2) is 0 Å². The van der Waals surface area contributed by atoms with Crippen LogP contribution >= 0.6 is 0 Å². The zero-order valence-corrected chi connectivity index (χ0v) is 9.68.